The van der Waals surface area contributed by atoms with Crippen molar-refractivity contribution in [3.05, 3.63) is 90.0 Å². The predicted octanol–water partition coefficient (Wildman–Crippen LogP) is 5.70. The average Bonchev–Trinajstić information content (AvgIpc) is 2.86. The Morgan fingerprint density at radius 3 is 2.06 bits per heavy atom. The molecule has 6 nitrogen and oxygen atoms in total. The molecule has 0 radical (unpaired) electrons. The number of anilines is 1. The molecular formula is C27H25NO5. The highest BCUT2D eigenvalue weighted by molar-refractivity contribution is 6.04. The molecule has 4 aromatic rings. The molecule has 0 aliphatic rings. The molecule has 0 unspecified atom stereocenters. The second-order valence-electron chi connectivity index (χ2n) is 7.36. The Morgan fingerprint density at radius 1 is 0.758 bits per heavy atom. The first kappa shape index (κ1) is 22.0. The Hall–Kier alpha value is -4.19. The van der Waals surface area contributed by atoms with Crippen LogP contribution in [0, 0.1) is 0 Å². The summed E-state index contributed by atoms with van der Waals surface area (Å²) in [6.45, 7) is 0.410. The van der Waals surface area contributed by atoms with Crippen molar-refractivity contribution in [1.82, 2.24) is 0 Å². The third-order valence-electron chi connectivity index (χ3n) is 5.27. The quantitative estimate of drug-likeness (QED) is 0.379. The summed E-state index contributed by atoms with van der Waals surface area (Å²) in [5.74, 6) is 1.96. The van der Waals surface area contributed by atoms with Crippen molar-refractivity contribution in [3.8, 4) is 23.0 Å². The molecule has 0 aromatic heterocycles. The van der Waals surface area contributed by atoms with Crippen molar-refractivity contribution >= 4 is 22.4 Å². The molecule has 0 aliphatic carbocycles. The smallest absolute Gasteiger partial charge is 0.255 e. The first-order valence-electron chi connectivity index (χ1n) is 10.4. The molecule has 0 saturated carbocycles. The zero-order valence-corrected chi connectivity index (χ0v) is 18.8. The Bertz CT molecular complexity index is 1240. The molecule has 0 aliphatic heterocycles. The van der Waals surface area contributed by atoms with Crippen molar-refractivity contribution in [1.29, 1.82) is 0 Å². The zero-order valence-electron chi connectivity index (χ0n) is 18.8. The molecule has 1 N–H and O–H groups in total. The number of benzene rings is 4. The van der Waals surface area contributed by atoms with Crippen LogP contribution in [0.15, 0.2) is 78.9 Å². The normalized spacial score (nSPS) is 10.5. The van der Waals surface area contributed by atoms with Crippen LogP contribution in [0.5, 0.6) is 23.0 Å². The molecule has 0 saturated heterocycles. The van der Waals surface area contributed by atoms with Crippen LogP contribution >= 0.6 is 0 Å². The second kappa shape index (κ2) is 9.96. The van der Waals surface area contributed by atoms with E-state index in [1.165, 1.54) is 26.7 Å². The Morgan fingerprint density at radius 2 is 1.42 bits per heavy atom. The molecule has 4 aromatic carbocycles. The largest absolute Gasteiger partial charge is 0.493 e. The summed E-state index contributed by atoms with van der Waals surface area (Å²) in [6.07, 6.45) is 0. The Kier molecular flexibility index (Phi) is 6.64. The summed E-state index contributed by atoms with van der Waals surface area (Å²) >= 11 is 0. The highest BCUT2D eigenvalue weighted by Gasteiger charge is 2.15. The van der Waals surface area contributed by atoms with Gasteiger partial charge < -0.3 is 24.3 Å². The average molecular weight is 443 g/mol. The predicted molar refractivity (Wildman–Crippen MR) is 129 cm³/mol. The lowest BCUT2D eigenvalue weighted by atomic mass is 10.1. The summed E-state index contributed by atoms with van der Waals surface area (Å²) < 4.78 is 21.9. The van der Waals surface area contributed by atoms with Crippen LogP contribution < -0.4 is 24.3 Å². The van der Waals surface area contributed by atoms with Crippen LogP contribution in [-0.2, 0) is 6.61 Å². The van der Waals surface area contributed by atoms with Gasteiger partial charge in [-0.05, 0) is 40.6 Å². The first-order chi connectivity index (χ1) is 16.1. The first-order valence-corrected chi connectivity index (χ1v) is 10.4. The van der Waals surface area contributed by atoms with Crippen LogP contribution in [0.25, 0.3) is 10.8 Å². The monoisotopic (exact) mass is 443 g/mol. The maximum Gasteiger partial charge on any atom is 0.255 e. The van der Waals surface area contributed by atoms with E-state index < -0.39 is 0 Å². The molecule has 0 atom stereocenters. The van der Waals surface area contributed by atoms with Gasteiger partial charge in [-0.15, -0.1) is 0 Å². The van der Waals surface area contributed by atoms with Gasteiger partial charge in [-0.3, -0.25) is 4.79 Å². The maximum absolute atomic E-state index is 12.7. The van der Waals surface area contributed by atoms with Gasteiger partial charge in [0.25, 0.3) is 5.91 Å². The Balaban J connectivity index is 1.41. The SMILES string of the molecule is COc1cc(NC(=O)c2ccc(COc3ccc4ccccc4c3)cc2)cc(OC)c1OC. The second-order valence-corrected chi connectivity index (χ2v) is 7.36. The number of amides is 1. The minimum atomic E-state index is -0.244. The van der Waals surface area contributed by atoms with Gasteiger partial charge in [0, 0.05) is 23.4 Å². The van der Waals surface area contributed by atoms with E-state index in [0.29, 0.717) is 35.1 Å². The number of methoxy groups -OCH3 is 3. The topological polar surface area (TPSA) is 66.0 Å². The molecule has 33 heavy (non-hydrogen) atoms. The zero-order chi connectivity index (χ0) is 23.2. The number of nitrogens with one attached hydrogen (secondary N) is 1. The molecule has 6 heteroatoms. The van der Waals surface area contributed by atoms with Crippen LogP contribution in [0.2, 0.25) is 0 Å². The summed E-state index contributed by atoms with van der Waals surface area (Å²) in [7, 11) is 4.59. The fraction of sp³-hybridized carbons (Fsp3) is 0.148. The van der Waals surface area contributed by atoms with Crippen molar-refractivity contribution in [2.45, 2.75) is 6.61 Å². The lowest BCUT2D eigenvalue weighted by Crippen LogP contribution is -2.12. The molecule has 0 heterocycles. The van der Waals surface area contributed by atoms with Gasteiger partial charge in [-0.1, -0.05) is 42.5 Å². The number of hydrogen-bond acceptors (Lipinski definition) is 5. The van der Waals surface area contributed by atoms with Crippen LogP contribution in [0.1, 0.15) is 15.9 Å². The molecule has 168 valence electrons. The van der Waals surface area contributed by atoms with E-state index in [2.05, 4.69) is 17.4 Å². The van der Waals surface area contributed by atoms with E-state index >= 15 is 0 Å². The molecule has 1 amide bonds. The minimum Gasteiger partial charge on any atom is -0.493 e. The van der Waals surface area contributed by atoms with Crippen LogP contribution in [0.3, 0.4) is 0 Å². The van der Waals surface area contributed by atoms with E-state index in [1.807, 2.05) is 42.5 Å². The highest BCUT2D eigenvalue weighted by Crippen LogP contribution is 2.40. The van der Waals surface area contributed by atoms with Gasteiger partial charge in [0.15, 0.2) is 11.5 Å². The van der Waals surface area contributed by atoms with Gasteiger partial charge >= 0.3 is 0 Å². The molecule has 0 bridgehead atoms. The summed E-state index contributed by atoms with van der Waals surface area (Å²) in [5.41, 5.74) is 2.03. The van der Waals surface area contributed by atoms with Gasteiger partial charge in [0.05, 0.1) is 21.3 Å². The van der Waals surface area contributed by atoms with Gasteiger partial charge in [0.1, 0.15) is 12.4 Å². The number of carbonyl (C=O) groups is 1. The molecule has 4 rings (SSSR count). The fourth-order valence-corrected chi connectivity index (χ4v) is 3.53. The van der Waals surface area contributed by atoms with Crippen molar-refractivity contribution < 1.29 is 23.7 Å². The Labute approximate surface area is 192 Å². The van der Waals surface area contributed by atoms with Crippen molar-refractivity contribution in [2.24, 2.45) is 0 Å². The van der Waals surface area contributed by atoms with Crippen LogP contribution in [0.4, 0.5) is 5.69 Å². The van der Waals surface area contributed by atoms with Crippen LogP contribution in [-0.4, -0.2) is 27.2 Å². The number of rotatable bonds is 8. The number of ether oxygens (including phenoxy) is 4. The van der Waals surface area contributed by atoms with E-state index in [9.17, 15) is 4.79 Å². The maximum atomic E-state index is 12.7. The van der Waals surface area contributed by atoms with Crippen molar-refractivity contribution in [2.75, 3.05) is 26.6 Å². The van der Waals surface area contributed by atoms with Gasteiger partial charge in [-0.25, -0.2) is 0 Å². The fourth-order valence-electron chi connectivity index (χ4n) is 3.53. The standard InChI is InChI=1S/C27H25NO5/c1-30-24-15-22(16-25(31-2)26(24)32-3)28-27(29)20-10-8-18(9-11-20)17-33-23-13-12-19-6-4-5-7-21(19)14-23/h4-16H,17H2,1-3H3,(H,28,29). The summed E-state index contributed by atoms with van der Waals surface area (Å²) in [5, 5.41) is 5.17. The van der Waals surface area contributed by atoms with Gasteiger partial charge in [0.2, 0.25) is 5.75 Å². The molecule has 0 fully saturated rings. The number of hydrogen-bond donors (Lipinski definition) is 1. The molecule has 0 spiro atoms. The van der Waals surface area contributed by atoms with Crippen molar-refractivity contribution in [3.63, 3.8) is 0 Å². The van der Waals surface area contributed by atoms with E-state index in [1.54, 1.807) is 24.3 Å². The van der Waals surface area contributed by atoms with E-state index in [0.717, 1.165) is 16.7 Å². The minimum absolute atomic E-state index is 0.244. The van der Waals surface area contributed by atoms with E-state index in [4.69, 9.17) is 18.9 Å². The highest BCUT2D eigenvalue weighted by atomic mass is 16.5. The van der Waals surface area contributed by atoms with E-state index in [-0.39, 0.29) is 5.91 Å². The van der Waals surface area contributed by atoms with Gasteiger partial charge in [-0.2, -0.15) is 0 Å². The molecular weight excluding hydrogens is 418 g/mol. The number of fused-ring (bicyclic) bond motifs is 1. The third kappa shape index (κ3) is 5.01. The summed E-state index contributed by atoms with van der Waals surface area (Å²) in [6, 6.07) is 24.9. The number of carbonyl (C=O) groups excluding carboxylic acids is 1. The third-order valence-corrected chi connectivity index (χ3v) is 5.27. The lowest BCUT2D eigenvalue weighted by molar-refractivity contribution is 0.102. The lowest BCUT2D eigenvalue weighted by Gasteiger charge is -2.14. The summed E-state index contributed by atoms with van der Waals surface area (Å²) in [4.78, 5) is 12.7.